The second-order valence-electron chi connectivity index (χ2n) is 4.72. The fourth-order valence-corrected chi connectivity index (χ4v) is 2.81. The number of carbonyl (C=O) groups excluding carboxylic acids is 1. The summed E-state index contributed by atoms with van der Waals surface area (Å²) in [5.41, 5.74) is -0.318. The molecule has 0 atom stereocenters. The number of hydrogen-bond donors (Lipinski definition) is 2. The van der Waals surface area contributed by atoms with Crippen LogP contribution in [-0.2, 0) is 0 Å². The van der Waals surface area contributed by atoms with Crippen LogP contribution in [-0.4, -0.2) is 23.2 Å². The van der Waals surface area contributed by atoms with E-state index in [4.69, 9.17) is 11.6 Å². The zero-order valence-corrected chi connectivity index (χ0v) is 12.2. The first-order valence-corrected chi connectivity index (χ1v) is 7.13. The van der Waals surface area contributed by atoms with E-state index in [9.17, 15) is 9.90 Å². The maximum Gasteiger partial charge on any atom is 0.252 e. The van der Waals surface area contributed by atoms with Crippen molar-refractivity contribution in [1.29, 1.82) is 0 Å². The average molecular weight is 333 g/mol. The molecule has 0 heterocycles. The first kappa shape index (κ1) is 13.8. The third kappa shape index (κ3) is 3.05. The van der Waals surface area contributed by atoms with Crippen molar-refractivity contribution in [3.8, 4) is 0 Å². The third-order valence-corrected chi connectivity index (χ3v) is 4.60. The monoisotopic (exact) mass is 331 g/mol. The van der Waals surface area contributed by atoms with Gasteiger partial charge in [-0.2, -0.15) is 0 Å². The third-order valence-electron chi connectivity index (χ3n) is 3.31. The van der Waals surface area contributed by atoms with E-state index in [2.05, 4.69) is 21.2 Å². The van der Waals surface area contributed by atoms with Crippen molar-refractivity contribution in [2.24, 2.45) is 0 Å². The zero-order valence-electron chi connectivity index (χ0n) is 9.88. The van der Waals surface area contributed by atoms with Gasteiger partial charge in [-0.05, 0) is 40.9 Å². The Kier molecular flexibility index (Phi) is 4.30. The van der Waals surface area contributed by atoms with Crippen LogP contribution in [0.15, 0.2) is 22.7 Å². The summed E-state index contributed by atoms with van der Waals surface area (Å²) in [5, 5.41) is 13.3. The van der Waals surface area contributed by atoms with Gasteiger partial charge >= 0.3 is 0 Å². The van der Waals surface area contributed by atoms with Crippen LogP contribution in [0.25, 0.3) is 0 Å². The molecule has 1 aliphatic carbocycles. The van der Waals surface area contributed by atoms with E-state index in [1.54, 1.807) is 18.2 Å². The molecule has 3 nitrogen and oxygen atoms in total. The minimum absolute atomic E-state index is 0.248. The summed E-state index contributed by atoms with van der Waals surface area (Å²) < 4.78 is 0.691. The van der Waals surface area contributed by atoms with E-state index < -0.39 is 5.60 Å². The summed E-state index contributed by atoms with van der Waals surface area (Å²) in [4.78, 5) is 12.0. The molecule has 1 fully saturated rings. The summed E-state index contributed by atoms with van der Waals surface area (Å²) in [5.74, 6) is -0.248. The van der Waals surface area contributed by atoms with Gasteiger partial charge in [0.1, 0.15) is 0 Å². The Morgan fingerprint density at radius 1 is 1.44 bits per heavy atom. The Labute approximate surface area is 120 Å². The first-order valence-electron chi connectivity index (χ1n) is 5.96. The Balaban J connectivity index is 2.01. The lowest BCUT2D eigenvalue weighted by atomic mass is 10.0. The van der Waals surface area contributed by atoms with Crippen LogP contribution in [0.1, 0.15) is 36.0 Å². The van der Waals surface area contributed by atoms with Gasteiger partial charge in [0.2, 0.25) is 0 Å². The van der Waals surface area contributed by atoms with Crippen molar-refractivity contribution in [3.63, 3.8) is 0 Å². The molecule has 2 N–H and O–H groups in total. The van der Waals surface area contributed by atoms with Gasteiger partial charge in [-0.1, -0.05) is 30.5 Å². The largest absolute Gasteiger partial charge is 0.388 e. The highest BCUT2D eigenvalue weighted by atomic mass is 79.9. The zero-order chi connectivity index (χ0) is 13.2. The molecule has 0 spiro atoms. The molecule has 0 aromatic heterocycles. The van der Waals surface area contributed by atoms with Crippen molar-refractivity contribution >= 4 is 33.4 Å². The Bertz CT molecular complexity index is 458. The molecule has 5 heteroatoms. The van der Waals surface area contributed by atoms with Crippen molar-refractivity contribution in [3.05, 3.63) is 33.3 Å². The lowest BCUT2D eigenvalue weighted by Crippen LogP contribution is -2.40. The van der Waals surface area contributed by atoms with Gasteiger partial charge in [-0.3, -0.25) is 4.79 Å². The highest BCUT2D eigenvalue weighted by molar-refractivity contribution is 9.10. The average Bonchev–Trinajstić information content (AvgIpc) is 2.77. The van der Waals surface area contributed by atoms with Crippen LogP contribution in [0.2, 0.25) is 5.02 Å². The number of amides is 1. The number of hydrogen-bond acceptors (Lipinski definition) is 2. The number of halogens is 2. The number of aliphatic hydroxyl groups is 1. The van der Waals surface area contributed by atoms with Gasteiger partial charge in [-0.15, -0.1) is 0 Å². The quantitative estimate of drug-likeness (QED) is 0.893. The van der Waals surface area contributed by atoms with Gasteiger partial charge in [0, 0.05) is 11.0 Å². The highest BCUT2D eigenvalue weighted by Crippen LogP contribution is 2.29. The molecule has 0 unspecified atom stereocenters. The van der Waals surface area contributed by atoms with E-state index in [1.807, 2.05) is 0 Å². The van der Waals surface area contributed by atoms with Crippen molar-refractivity contribution in [2.75, 3.05) is 6.54 Å². The molecule has 98 valence electrons. The fraction of sp³-hybridized carbons (Fsp3) is 0.462. The summed E-state index contributed by atoms with van der Waals surface area (Å²) in [6.07, 6.45) is 3.53. The summed E-state index contributed by atoms with van der Waals surface area (Å²) in [6, 6.07) is 5.21. The first-order chi connectivity index (χ1) is 8.52. The van der Waals surface area contributed by atoms with Crippen LogP contribution in [0, 0.1) is 0 Å². The molecule has 0 bridgehead atoms. The second kappa shape index (κ2) is 5.59. The predicted molar refractivity (Wildman–Crippen MR) is 74.9 cm³/mol. The van der Waals surface area contributed by atoms with E-state index >= 15 is 0 Å². The van der Waals surface area contributed by atoms with Gasteiger partial charge in [0.15, 0.2) is 0 Å². The number of nitrogens with one attached hydrogen (secondary N) is 1. The summed E-state index contributed by atoms with van der Waals surface area (Å²) >= 11 is 9.33. The van der Waals surface area contributed by atoms with Crippen LogP contribution >= 0.6 is 27.5 Å². The number of benzene rings is 1. The molecule has 0 radical (unpaired) electrons. The summed E-state index contributed by atoms with van der Waals surface area (Å²) in [6.45, 7) is 0.286. The SMILES string of the molecule is O=C(NCC1(O)CCCC1)c1cccc(Br)c1Cl. The van der Waals surface area contributed by atoms with E-state index in [-0.39, 0.29) is 12.5 Å². The van der Waals surface area contributed by atoms with E-state index in [0.717, 1.165) is 25.7 Å². The smallest absolute Gasteiger partial charge is 0.252 e. The molecule has 0 aliphatic heterocycles. The molecule has 1 aromatic carbocycles. The van der Waals surface area contributed by atoms with Crippen molar-refractivity contribution in [1.82, 2.24) is 5.32 Å². The maximum absolute atomic E-state index is 12.0. The van der Waals surface area contributed by atoms with Gasteiger partial charge in [0.05, 0.1) is 16.2 Å². The summed E-state index contributed by atoms with van der Waals surface area (Å²) in [7, 11) is 0. The minimum Gasteiger partial charge on any atom is -0.388 e. The molecule has 2 rings (SSSR count). The molecule has 1 aromatic rings. The Morgan fingerprint density at radius 3 is 2.78 bits per heavy atom. The molecule has 18 heavy (non-hydrogen) atoms. The van der Waals surface area contributed by atoms with Crippen LogP contribution in [0.4, 0.5) is 0 Å². The van der Waals surface area contributed by atoms with Gasteiger partial charge < -0.3 is 10.4 Å². The standard InChI is InChI=1S/C13H15BrClNO2/c14-10-5-3-4-9(11(10)15)12(17)16-8-13(18)6-1-2-7-13/h3-5,18H,1-2,6-8H2,(H,16,17). The topological polar surface area (TPSA) is 49.3 Å². The molecule has 0 saturated heterocycles. The van der Waals surface area contributed by atoms with E-state index in [1.165, 1.54) is 0 Å². The van der Waals surface area contributed by atoms with Crippen molar-refractivity contribution in [2.45, 2.75) is 31.3 Å². The lowest BCUT2D eigenvalue weighted by Gasteiger charge is -2.22. The molecular weight excluding hydrogens is 318 g/mol. The molecule has 1 saturated carbocycles. The number of rotatable bonds is 3. The van der Waals surface area contributed by atoms with E-state index in [0.29, 0.717) is 15.1 Å². The van der Waals surface area contributed by atoms with Crippen molar-refractivity contribution < 1.29 is 9.90 Å². The van der Waals surface area contributed by atoms with Gasteiger partial charge in [-0.25, -0.2) is 0 Å². The van der Waals surface area contributed by atoms with Gasteiger partial charge in [0.25, 0.3) is 5.91 Å². The molecule has 1 amide bonds. The maximum atomic E-state index is 12.0. The molecular formula is C13H15BrClNO2. The highest BCUT2D eigenvalue weighted by Gasteiger charge is 2.31. The fourth-order valence-electron chi connectivity index (χ4n) is 2.23. The van der Waals surface area contributed by atoms with Crippen LogP contribution in [0.3, 0.4) is 0 Å². The van der Waals surface area contributed by atoms with Crippen LogP contribution in [0.5, 0.6) is 0 Å². The normalized spacial score (nSPS) is 17.7. The minimum atomic E-state index is -0.742. The Morgan fingerprint density at radius 2 is 2.11 bits per heavy atom. The Hall–Kier alpha value is -0.580. The lowest BCUT2D eigenvalue weighted by molar-refractivity contribution is 0.0449. The second-order valence-corrected chi connectivity index (χ2v) is 5.95. The molecule has 1 aliphatic rings. The number of carbonyl (C=O) groups is 1. The predicted octanol–water partition coefficient (Wildman–Crippen LogP) is 3.14. The van der Waals surface area contributed by atoms with Crippen LogP contribution < -0.4 is 5.32 Å².